The standard InChI is InChI=1S/C19H21N3O4S/c1-20-8-9-21-19(24)14-4-2-3-5-17(14)27-11-18(23)22-13-6-7-15-16(10-13)26-12-25-15/h2-7,10,20H,8-9,11-12H2,1H3,(H,21,24)(H,22,23). The van der Waals surface area contributed by atoms with Crippen LogP contribution in [0.15, 0.2) is 47.4 Å². The van der Waals surface area contributed by atoms with E-state index in [9.17, 15) is 9.59 Å². The fourth-order valence-corrected chi connectivity index (χ4v) is 3.34. The quantitative estimate of drug-likeness (QED) is 0.475. The number of hydrogen-bond acceptors (Lipinski definition) is 6. The average molecular weight is 387 g/mol. The van der Waals surface area contributed by atoms with Gasteiger partial charge < -0.3 is 25.4 Å². The Kier molecular flexibility index (Phi) is 6.56. The number of carbonyl (C=O) groups is 2. The van der Waals surface area contributed by atoms with Gasteiger partial charge in [-0.1, -0.05) is 12.1 Å². The van der Waals surface area contributed by atoms with Gasteiger partial charge in [0.05, 0.1) is 11.3 Å². The van der Waals surface area contributed by atoms with Crippen molar-refractivity contribution in [1.29, 1.82) is 0 Å². The van der Waals surface area contributed by atoms with Gasteiger partial charge in [-0.15, -0.1) is 11.8 Å². The zero-order chi connectivity index (χ0) is 19.1. The molecule has 0 aromatic heterocycles. The number of hydrogen-bond donors (Lipinski definition) is 3. The van der Waals surface area contributed by atoms with Crippen molar-refractivity contribution in [2.45, 2.75) is 4.90 Å². The molecule has 27 heavy (non-hydrogen) atoms. The molecule has 1 aliphatic heterocycles. The van der Waals surface area contributed by atoms with Crippen LogP contribution in [-0.2, 0) is 4.79 Å². The number of thioether (sulfide) groups is 1. The van der Waals surface area contributed by atoms with Crippen LogP contribution < -0.4 is 25.4 Å². The van der Waals surface area contributed by atoms with Crippen LogP contribution in [0.5, 0.6) is 11.5 Å². The number of carbonyl (C=O) groups excluding carboxylic acids is 2. The molecule has 0 saturated heterocycles. The third-order valence-electron chi connectivity index (χ3n) is 3.81. The molecular weight excluding hydrogens is 366 g/mol. The molecule has 0 aliphatic carbocycles. The van der Waals surface area contributed by atoms with Gasteiger partial charge in [0.1, 0.15) is 0 Å². The van der Waals surface area contributed by atoms with E-state index < -0.39 is 0 Å². The lowest BCUT2D eigenvalue weighted by Crippen LogP contribution is -2.30. The summed E-state index contributed by atoms with van der Waals surface area (Å²) in [7, 11) is 1.83. The minimum Gasteiger partial charge on any atom is -0.454 e. The van der Waals surface area contributed by atoms with E-state index in [2.05, 4.69) is 16.0 Å². The molecule has 1 aliphatic rings. The summed E-state index contributed by atoms with van der Waals surface area (Å²) in [6.45, 7) is 1.42. The molecule has 3 N–H and O–H groups in total. The van der Waals surface area contributed by atoms with Crippen LogP contribution in [0.25, 0.3) is 0 Å². The Morgan fingerprint density at radius 1 is 1.07 bits per heavy atom. The van der Waals surface area contributed by atoms with Crippen LogP contribution in [0.2, 0.25) is 0 Å². The number of benzene rings is 2. The monoisotopic (exact) mass is 387 g/mol. The first-order chi connectivity index (χ1) is 13.2. The van der Waals surface area contributed by atoms with Gasteiger partial charge in [-0.3, -0.25) is 9.59 Å². The van der Waals surface area contributed by atoms with Gasteiger partial charge in [-0.25, -0.2) is 0 Å². The number of anilines is 1. The van der Waals surface area contributed by atoms with E-state index in [1.165, 1.54) is 11.8 Å². The van der Waals surface area contributed by atoms with E-state index in [0.717, 1.165) is 4.90 Å². The molecule has 142 valence electrons. The van der Waals surface area contributed by atoms with Gasteiger partial charge in [-0.05, 0) is 31.3 Å². The van der Waals surface area contributed by atoms with E-state index in [-0.39, 0.29) is 24.4 Å². The van der Waals surface area contributed by atoms with Gasteiger partial charge in [0, 0.05) is 29.7 Å². The summed E-state index contributed by atoms with van der Waals surface area (Å²) in [6, 6.07) is 12.5. The van der Waals surface area contributed by atoms with Crippen molar-refractivity contribution in [3.8, 4) is 11.5 Å². The second-order valence-electron chi connectivity index (χ2n) is 5.76. The topological polar surface area (TPSA) is 88.7 Å². The van der Waals surface area contributed by atoms with E-state index in [4.69, 9.17) is 9.47 Å². The first-order valence-corrected chi connectivity index (χ1v) is 9.50. The normalized spacial score (nSPS) is 11.9. The molecular formula is C19H21N3O4S. The van der Waals surface area contributed by atoms with Crippen molar-refractivity contribution in [1.82, 2.24) is 10.6 Å². The molecule has 0 radical (unpaired) electrons. The van der Waals surface area contributed by atoms with E-state index in [1.807, 2.05) is 25.2 Å². The zero-order valence-electron chi connectivity index (χ0n) is 14.9. The summed E-state index contributed by atoms with van der Waals surface area (Å²) >= 11 is 1.32. The lowest BCUT2D eigenvalue weighted by Gasteiger charge is -2.10. The van der Waals surface area contributed by atoms with Crippen molar-refractivity contribution in [2.75, 3.05) is 38.0 Å². The van der Waals surface area contributed by atoms with Crippen molar-refractivity contribution >= 4 is 29.3 Å². The van der Waals surface area contributed by atoms with E-state index in [1.54, 1.807) is 24.3 Å². The predicted molar refractivity (Wildman–Crippen MR) is 105 cm³/mol. The van der Waals surface area contributed by atoms with Crippen LogP contribution in [0.1, 0.15) is 10.4 Å². The Labute approximate surface area is 161 Å². The van der Waals surface area contributed by atoms with Crippen LogP contribution in [0, 0.1) is 0 Å². The molecule has 2 amide bonds. The minimum atomic E-state index is -0.163. The maximum Gasteiger partial charge on any atom is 0.252 e. The molecule has 0 atom stereocenters. The molecule has 0 spiro atoms. The Hall–Kier alpha value is -2.71. The Balaban J connectivity index is 1.56. The number of ether oxygens (including phenoxy) is 2. The summed E-state index contributed by atoms with van der Waals surface area (Å²) in [5, 5.41) is 8.66. The van der Waals surface area contributed by atoms with E-state index in [0.29, 0.717) is 35.8 Å². The Morgan fingerprint density at radius 2 is 1.89 bits per heavy atom. The highest BCUT2D eigenvalue weighted by atomic mass is 32.2. The molecule has 3 rings (SSSR count). The second kappa shape index (κ2) is 9.29. The summed E-state index contributed by atoms with van der Waals surface area (Å²) in [6.07, 6.45) is 0. The molecule has 2 aromatic carbocycles. The largest absolute Gasteiger partial charge is 0.454 e. The van der Waals surface area contributed by atoms with Crippen molar-refractivity contribution in [3.05, 3.63) is 48.0 Å². The van der Waals surface area contributed by atoms with Crippen LogP contribution in [0.4, 0.5) is 5.69 Å². The van der Waals surface area contributed by atoms with Crippen molar-refractivity contribution < 1.29 is 19.1 Å². The van der Waals surface area contributed by atoms with Crippen molar-refractivity contribution in [2.24, 2.45) is 0 Å². The second-order valence-corrected chi connectivity index (χ2v) is 6.78. The SMILES string of the molecule is CNCCNC(=O)c1ccccc1SCC(=O)Nc1ccc2c(c1)OCO2. The molecule has 0 saturated carbocycles. The van der Waals surface area contributed by atoms with Crippen molar-refractivity contribution in [3.63, 3.8) is 0 Å². The number of fused-ring (bicyclic) bond motifs is 1. The summed E-state index contributed by atoms with van der Waals surface area (Å²) in [5.41, 5.74) is 1.21. The minimum absolute atomic E-state index is 0.149. The number of nitrogens with one attached hydrogen (secondary N) is 3. The maximum atomic E-state index is 12.3. The lowest BCUT2D eigenvalue weighted by molar-refractivity contribution is -0.113. The van der Waals surface area contributed by atoms with Gasteiger partial charge >= 0.3 is 0 Å². The zero-order valence-corrected chi connectivity index (χ0v) is 15.7. The number of amides is 2. The predicted octanol–water partition coefficient (Wildman–Crippen LogP) is 2.10. The maximum absolute atomic E-state index is 12.3. The third kappa shape index (κ3) is 5.15. The van der Waals surface area contributed by atoms with Crippen LogP contribution >= 0.6 is 11.8 Å². The Morgan fingerprint density at radius 3 is 2.74 bits per heavy atom. The molecule has 7 nitrogen and oxygen atoms in total. The third-order valence-corrected chi connectivity index (χ3v) is 4.88. The fourth-order valence-electron chi connectivity index (χ4n) is 2.49. The summed E-state index contributed by atoms with van der Waals surface area (Å²) < 4.78 is 10.6. The molecule has 0 unspecified atom stereocenters. The molecule has 8 heteroatoms. The number of rotatable bonds is 8. The first-order valence-electron chi connectivity index (χ1n) is 8.51. The van der Waals surface area contributed by atoms with Gasteiger partial charge in [0.25, 0.3) is 5.91 Å². The van der Waals surface area contributed by atoms with Crippen LogP contribution in [0.3, 0.4) is 0 Å². The lowest BCUT2D eigenvalue weighted by atomic mass is 10.2. The highest BCUT2D eigenvalue weighted by Crippen LogP contribution is 2.34. The van der Waals surface area contributed by atoms with Gasteiger partial charge in [0.2, 0.25) is 12.7 Å². The molecule has 2 aromatic rings. The summed E-state index contributed by atoms with van der Waals surface area (Å²) in [5.74, 6) is 1.16. The average Bonchev–Trinajstić information content (AvgIpc) is 3.14. The fraction of sp³-hybridized carbons (Fsp3) is 0.263. The Bertz CT molecular complexity index is 828. The molecule has 0 fully saturated rings. The highest BCUT2D eigenvalue weighted by molar-refractivity contribution is 8.00. The highest BCUT2D eigenvalue weighted by Gasteiger charge is 2.15. The number of likely N-dealkylation sites (N-methyl/N-ethyl adjacent to an activating group) is 1. The van der Waals surface area contributed by atoms with Gasteiger partial charge in [-0.2, -0.15) is 0 Å². The molecule has 1 heterocycles. The van der Waals surface area contributed by atoms with Gasteiger partial charge in [0.15, 0.2) is 11.5 Å². The van der Waals surface area contributed by atoms with Crippen LogP contribution in [-0.4, -0.2) is 44.5 Å². The summed E-state index contributed by atoms with van der Waals surface area (Å²) in [4.78, 5) is 25.3. The smallest absolute Gasteiger partial charge is 0.252 e. The molecule has 0 bridgehead atoms. The van der Waals surface area contributed by atoms with E-state index >= 15 is 0 Å². The first kappa shape index (κ1) is 19.1.